The Hall–Kier alpha value is -5.46. The lowest BCUT2D eigenvalue weighted by Gasteiger charge is -2.52. The second-order valence-corrected chi connectivity index (χ2v) is 37.1. The summed E-state index contributed by atoms with van der Waals surface area (Å²) in [6, 6.07) is 61.2. The number of hydrogen-bond acceptors (Lipinski definition) is 14. The molecule has 4 aliphatic rings. The summed E-state index contributed by atoms with van der Waals surface area (Å²) in [5.41, 5.74) is 12.5. The fourth-order valence-corrected chi connectivity index (χ4v) is 24.0. The van der Waals surface area contributed by atoms with Crippen molar-refractivity contribution in [1.82, 2.24) is 0 Å². The number of aliphatic hydroxyl groups is 1. The molecule has 1 N–H and O–H groups in total. The van der Waals surface area contributed by atoms with Gasteiger partial charge in [-0.25, -0.2) is 0 Å². The molecule has 4 fully saturated rings. The Morgan fingerprint density at radius 2 is 0.787 bits per heavy atom. The molecule has 6 aromatic rings. The molecule has 20 atom stereocenters. The van der Waals surface area contributed by atoms with E-state index in [1.54, 1.807) is 7.11 Å². The average Bonchev–Trinajstić information content (AvgIpc) is 0.755. The third kappa shape index (κ3) is 15.3. The maximum absolute atomic E-state index is 11.7. The fraction of sp³-hybridized carbons (Fsp3) is 0.526. The van der Waals surface area contributed by atoms with Gasteiger partial charge in [-0.3, -0.25) is 0 Å². The SMILES string of the molecule is CO[C@@H]1OC(CO[Si](c2ccccc2)(c2ccccc2)C(C)(C)C)[C@@H](O[C@@H]2OC(C)C(O[C@@H]3OC(CO[Si](c4ccccc4)(c4ccccc4)C(C)(C)C)[C@@H](O[C@@H]4OC(C)[C@@H](O)[C@@H](OCc5ccccc5)C4C)[C@H](C)C3N=[N+]=[N-])[C@@H](OCc3ccccc3)C2C)[C@H](C)C1C. The van der Waals surface area contributed by atoms with Crippen molar-refractivity contribution >= 4 is 37.4 Å². The van der Waals surface area contributed by atoms with Crippen LogP contribution in [0.1, 0.15) is 101 Å². The Labute approximate surface area is 560 Å². The first-order chi connectivity index (χ1) is 45.1. The molecule has 4 aliphatic heterocycles. The molecular formula is C76H101N3O13Si2. The zero-order chi connectivity index (χ0) is 67.0. The lowest BCUT2D eigenvalue weighted by molar-refractivity contribution is -0.363. The lowest BCUT2D eigenvalue weighted by Crippen LogP contribution is -2.68. The maximum atomic E-state index is 11.7. The van der Waals surface area contributed by atoms with Crippen LogP contribution in [0.3, 0.4) is 0 Å². The van der Waals surface area contributed by atoms with Gasteiger partial charge in [-0.15, -0.1) is 0 Å². The van der Waals surface area contributed by atoms with Crippen LogP contribution in [0, 0.1) is 29.6 Å². The molecule has 0 aliphatic carbocycles. The van der Waals surface area contributed by atoms with Crippen molar-refractivity contribution in [3.05, 3.63) is 204 Å². The van der Waals surface area contributed by atoms with Gasteiger partial charge in [0.25, 0.3) is 16.6 Å². The molecule has 0 spiro atoms. The zero-order valence-corrected chi connectivity index (χ0v) is 59.4. The van der Waals surface area contributed by atoms with Crippen LogP contribution in [0.15, 0.2) is 187 Å². The summed E-state index contributed by atoms with van der Waals surface area (Å²) in [5, 5.41) is 20.0. The van der Waals surface area contributed by atoms with Gasteiger partial charge in [0, 0.05) is 29.8 Å². The van der Waals surface area contributed by atoms with Crippen LogP contribution >= 0.6 is 0 Å². The van der Waals surface area contributed by atoms with E-state index >= 15 is 0 Å². The van der Waals surface area contributed by atoms with Gasteiger partial charge < -0.3 is 61.3 Å². The Kier molecular flexibility index (Phi) is 23.8. The second kappa shape index (κ2) is 31.4. The van der Waals surface area contributed by atoms with E-state index in [-0.39, 0.29) is 48.3 Å². The number of rotatable bonds is 24. The Morgan fingerprint density at radius 3 is 1.19 bits per heavy atom. The molecule has 0 aromatic heterocycles. The van der Waals surface area contributed by atoms with E-state index in [4.69, 9.17) is 56.2 Å². The van der Waals surface area contributed by atoms with Crippen LogP contribution in [0.2, 0.25) is 10.1 Å². The summed E-state index contributed by atoms with van der Waals surface area (Å²) < 4.78 is 85.4. The first kappa shape index (κ1) is 71.3. The van der Waals surface area contributed by atoms with Gasteiger partial charge in [0.05, 0.1) is 69.1 Å². The summed E-state index contributed by atoms with van der Waals surface area (Å²) in [7, 11) is -4.56. The number of ether oxygens (including phenoxy) is 10. The second-order valence-electron chi connectivity index (χ2n) is 28.5. The smallest absolute Gasteiger partial charge is 0.261 e. The molecule has 4 saturated heterocycles. The molecule has 6 aromatic carbocycles. The average molecular weight is 1320 g/mol. The minimum atomic E-state index is -3.22. The highest BCUT2D eigenvalue weighted by Crippen LogP contribution is 2.45. The monoisotopic (exact) mass is 1320 g/mol. The zero-order valence-electron chi connectivity index (χ0n) is 57.4. The lowest BCUT2D eigenvalue weighted by atomic mass is 9.84. The number of azide groups is 1. The molecule has 0 bridgehead atoms. The highest BCUT2D eigenvalue weighted by atomic mass is 28.4. The van der Waals surface area contributed by atoms with Crippen LogP contribution in [-0.4, -0.2) is 134 Å². The Bertz CT molecular complexity index is 3240. The quantitative estimate of drug-likeness (QED) is 0.0262. The summed E-state index contributed by atoms with van der Waals surface area (Å²) in [6.07, 6.45) is -10.4. The minimum Gasteiger partial charge on any atom is -0.405 e. The van der Waals surface area contributed by atoms with Gasteiger partial charge in [-0.1, -0.05) is 263 Å². The minimum absolute atomic E-state index is 0.0558. The number of aliphatic hydroxyl groups excluding tert-OH is 1. The molecule has 18 heteroatoms. The van der Waals surface area contributed by atoms with E-state index in [9.17, 15) is 10.6 Å². The third-order valence-electron chi connectivity index (χ3n) is 20.3. The molecule has 10 rings (SSSR count). The highest BCUT2D eigenvalue weighted by molar-refractivity contribution is 7.00. The van der Waals surface area contributed by atoms with Crippen molar-refractivity contribution in [1.29, 1.82) is 0 Å². The first-order valence-electron chi connectivity index (χ1n) is 33.8. The van der Waals surface area contributed by atoms with Crippen molar-refractivity contribution in [3.63, 3.8) is 0 Å². The topological polar surface area (TPSA) is 180 Å². The first-order valence-corrected chi connectivity index (χ1v) is 37.6. The largest absolute Gasteiger partial charge is 0.405 e. The van der Waals surface area contributed by atoms with Crippen LogP contribution in [0.5, 0.6) is 0 Å². The molecule has 9 unspecified atom stereocenters. The summed E-state index contributed by atoms with van der Waals surface area (Å²) in [6.45, 7) is 28.5. The molecule has 0 amide bonds. The number of hydrogen-bond donors (Lipinski definition) is 1. The normalized spacial score (nSPS) is 31.9. The Morgan fingerprint density at radius 1 is 0.426 bits per heavy atom. The highest BCUT2D eigenvalue weighted by Gasteiger charge is 2.57. The van der Waals surface area contributed by atoms with E-state index in [0.717, 1.165) is 31.9 Å². The van der Waals surface area contributed by atoms with Crippen LogP contribution < -0.4 is 20.7 Å². The van der Waals surface area contributed by atoms with Gasteiger partial charge in [-0.2, -0.15) is 0 Å². The van der Waals surface area contributed by atoms with Crippen molar-refractivity contribution < 1.29 is 61.3 Å². The summed E-state index contributed by atoms with van der Waals surface area (Å²) >= 11 is 0. The van der Waals surface area contributed by atoms with Gasteiger partial charge in [0.2, 0.25) is 0 Å². The predicted octanol–water partition coefficient (Wildman–Crippen LogP) is 12.3. The van der Waals surface area contributed by atoms with E-state index in [1.165, 1.54) is 0 Å². The van der Waals surface area contributed by atoms with E-state index in [0.29, 0.717) is 0 Å². The molecule has 94 heavy (non-hydrogen) atoms. The van der Waals surface area contributed by atoms with Crippen molar-refractivity contribution in [2.24, 2.45) is 34.7 Å². The standard InChI is InChI=1S/C76H101N3O13Si2/c1-49-50(2)71(81-14)88-62(47-84-93(75(8,9)10,58-37-25-17-26-38-58)59-39-27-18-28-40-59)66(49)90-73-53(5)69(83-46-57-35-23-16-24-36-57)70(55(7)87-73)92-74-64(78-79-77)51(3)67(91-72-52(4)68(65(80)54(6)86-72)82-45-56-33-21-15-22-34-56)63(89-74)48-85-94(76(11,12)13,60-41-29-19-30-42-60)61-43-31-20-32-44-61/h15-44,49-55,62-74,80H,45-48H2,1-14H3/t49-,50?,51-,52?,53?,54?,55?,62?,63?,64?,65-,66+,67+,68+,69+,70?,71-,72+,73+,74+/m1/s1. The van der Waals surface area contributed by atoms with E-state index in [2.05, 4.69) is 169 Å². The van der Waals surface area contributed by atoms with Crippen LogP contribution in [0.25, 0.3) is 10.4 Å². The summed E-state index contributed by atoms with van der Waals surface area (Å²) in [5.74, 6) is -1.59. The van der Waals surface area contributed by atoms with Gasteiger partial charge in [-0.05, 0) is 73.2 Å². The molecule has 4 heterocycles. The molecular weight excluding hydrogens is 1220 g/mol. The molecule has 16 nitrogen and oxygen atoms in total. The predicted molar refractivity (Wildman–Crippen MR) is 370 cm³/mol. The number of nitrogens with zero attached hydrogens (tertiary/aromatic N) is 3. The Balaban J connectivity index is 0.984. The maximum Gasteiger partial charge on any atom is 0.261 e. The fourth-order valence-electron chi connectivity index (χ4n) is 14.9. The van der Waals surface area contributed by atoms with Crippen molar-refractivity contribution in [2.45, 2.75) is 206 Å². The number of methoxy groups -OCH3 is 1. The van der Waals surface area contributed by atoms with Gasteiger partial charge >= 0.3 is 0 Å². The van der Waals surface area contributed by atoms with Crippen molar-refractivity contribution in [2.75, 3.05) is 20.3 Å². The molecule has 0 radical (unpaired) electrons. The van der Waals surface area contributed by atoms with Gasteiger partial charge in [0.15, 0.2) is 25.2 Å². The van der Waals surface area contributed by atoms with E-state index in [1.807, 2.05) is 113 Å². The van der Waals surface area contributed by atoms with Gasteiger partial charge in [0.1, 0.15) is 24.4 Å². The molecule has 0 saturated carbocycles. The van der Waals surface area contributed by atoms with E-state index < -0.39 is 127 Å². The summed E-state index contributed by atoms with van der Waals surface area (Å²) in [4.78, 5) is 3.46. The molecule has 506 valence electrons. The van der Waals surface area contributed by atoms with Crippen LogP contribution in [0.4, 0.5) is 0 Å². The number of benzene rings is 6. The van der Waals surface area contributed by atoms with Crippen molar-refractivity contribution in [3.8, 4) is 0 Å². The van der Waals surface area contributed by atoms with Crippen LogP contribution in [-0.2, 0) is 69.4 Å². The third-order valence-corrected chi connectivity index (χ3v) is 30.3.